The highest BCUT2D eigenvalue weighted by atomic mass is 19.1. The average molecular weight is 336 g/mol. The SMILES string of the molecule is CNC(=O)CC[C@]1(OC)CCCN(C(=O)c2ccc(C)c(F)c2)C1. The number of hydrogen-bond acceptors (Lipinski definition) is 3. The molecule has 1 atom stereocenters. The fourth-order valence-electron chi connectivity index (χ4n) is 3.12. The van der Waals surface area contributed by atoms with Crippen LogP contribution in [-0.2, 0) is 9.53 Å². The first-order valence-corrected chi connectivity index (χ1v) is 8.22. The molecule has 132 valence electrons. The van der Waals surface area contributed by atoms with Crippen molar-refractivity contribution >= 4 is 11.8 Å². The zero-order chi connectivity index (χ0) is 17.7. The number of methoxy groups -OCH3 is 1. The van der Waals surface area contributed by atoms with Crippen LogP contribution in [0.4, 0.5) is 4.39 Å². The van der Waals surface area contributed by atoms with Crippen molar-refractivity contribution in [3.8, 4) is 0 Å². The van der Waals surface area contributed by atoms with Crippen LogP contribution in [-0.4, -0.2) is 49.6 Å². The average Bonchev–Trinajstić information content (AvgIpc) is 2.61. The molecule has 1 N–H and O–H groups in total. The van der Waals surface area contributed by atoms with Gasteiger partial charge in [-0.25, -0.2) is 4.39 Å². The number of nitrogens with one attached hydrogen (secondary N) is 1. The summed E-state index contributed by atoms with van der Waals surface area (Å²) in [7, 11) is 3.22. The summed E-state index contributed by atoms with van der Waals surface area (Å²) in [4.78, 5) is 25.9. The van der Waals surface area contributed by atoms with Gasteiger partial charge in [-0.1, -0.05) is 6.07 Å². The predicted octanol–water partition coefficient (Wildman–Crippen LogP) is 2.28. The Morgan fingerprint density at radius 1 is 1.42 bits per heavy atom. The van der Waals surface area contributed by atoms with Crippen LogP contribution >= 0.6 is 0 Å². The van der Waals surface area contributed by atoms with Gasteiger partial charge in [0.2, 0.25) is 5.91 Å². The summed E-state index contributed by atoms with van der Waals surface area (Å²) < 4.78 is 19.4. The maximum Gasteiger partial charge on any atom is 0.254 e. The first kappa shape index (κ1) is 18.4. The third kappa shape index (κ3) is 4.12. The number of rotatable bonds is 5. The lowest BCUT2D eigenvalue weighted by Gasteiger charge is -2.42. The first-order chi connectivity index (χ1) is 11.4. The second kappa shape index (κ2) is 7.75. The third-order valence-electron chi connectivity index (χ3n) is 4.76. The monoisotopic (exact) mass is 336 g/mol. The molecule has 0 aromatic heterocycles. The summed E-state index contributed by atoms with van der Waals surface area (Å²) in [6.07, 6.45) is 2.49. The highest BCUT2D eigenvalue weighted by Gasteiger charge is 2.37. The van der Waals surface area contributed by atoms with E-state index in [0.717, 1.165) is 12.8 Å². The Morgan fingerprint density at radius 3 is 2.79 bits per heavy atom. The van der Waals surface area contributed by atoms with Crippen molar-refractivity contribution in [1.29, 1.82) is 0 Å². The number of nitrogens with zero attached hydrogens (tertiary/aromatic N) is 1. The number of hydrogen-bond donors (Lipinski definition) is 1. The first-order valence-electron chi connectivity index (χ1n) is 8.22. The quantitative estimate of drug-likeness (QED) is 0.897. The van der Waals surface area contributed by atoms with Gasteiger partial charge >= 0.3 is 0 Å². The molecule has 0 aliphatic carbocycles. The van der Waals surface area contributed by atoms with Gasteiger partial charge in [0.25, 0.3) is 5.91 Å². The molecular weight excluding hydrogens is 311 g/mol. The minimum atomic E-state index is -0.524. The van der Waals surface area contributed by atoms with E-state index < -0.39 is 5.60 Å². The van der Waals surface area contributed by atoms with E-state index in [4.69, 9.17) is 4.74 Å². The molecule has 1 aliphatic heterocycles. The second-order valence-electron chi connectivity index (χ2n) is 6.35. The Hall–Kier alpha value is -1.95. The minimum absolute atomic E-state index is 0.0459. The summed E-state index contributed by atoms with van der Waals surface area (Å²) in [5.74, 6) is -0.624. The van der Waals surface area contributed by atoms with E-state index in [1.165, 1.54) is 6.07 Å². The number of likely N-dealkylation sites (tertiary alicyclic amines) is 1. The van der Waals surface area contributed by atoms with E-state index >= 15 is 0 Å². The lowest BCUT2D eigenvalue weighted by atomic mass is 9.87. The number of amides is 2. The molecule has 0 spiro atoms. The van der Waals surface area contributed by atoms with Gasteiger partial charge in [-0.2, -0.15) is 0 Å². The maximum absolute atomic E-state index is 13.7. The van der Waals surface area contributed by atoms with Crippen molar-refractivity contribution in [3.63, 3.8) is 0 Å². The molecule has 2 rings (SSSR count). The number of piperidine rings is 1. The molecule has 0 unspecified atom stereocenters. The lowest BCUT2D eigenvalue weighted by Crippen LogP contribution is -2.51. The number of carbonyl (C=O) groups excluding carboxylic acids is 2. The second-order valence-corrected chi connectivity index (χ2v) is 6.35. The standard InChI is InChI=1S/C18H25FN2O3/c1-13-5-6-14(11-15(13)19)17(23)21-10-4-8-18(12-21,24-3)9-7-16(22)20-2/h5-6,11H,4,7-10,12H2,1-3H3,(H,20,22)/t18-/m1/s1. The van der Waals surface area contributed by atoms with E-state index in [-0.39, 0.29) is 17.6 Å². The molecule has 6 heteroatoms. The topological polar surface area (TPSA) is 58.6 Å². The fourth-order valence-corrected chi connectivity index (χ4v) is 3.12. The summed E-state index contributed by atoms with van der Waals surface area (Å²) >= 11 is 0. The molecule has 1 fully saturated rings. The zero-order valence-corrected chi connectivity index (χ0v) is 14.5. The van der Waals surface area contributed by atoms with Crippen LogP contribution in [0, 0.1) is 12.7 Å². The van der Waals surface area contributed by atoms with Gasteiger partial charge in [0.05, 0.1) is 5.60 Å². The summed E-state index contributed by atoms with van der Waals surface area (Å²) in [5, 5.41) is 2.60. The van der Waals surface area contributed by atoms with E-state index in [9.17, 15) is 14.0 Å². The predicted molar refractivity (Wildman–Crippen MR) is 89.3 cm³/mol. The third-order valence-corrected chi connectivity index (χ3v) is 4.76. The number of aryl methyl sites for hydroxylation is 1. The summed E-state index contributed by atoms with van der Waals surface area (Å²) in [5.41, 5.74) is 0.335. The van der Waals surface area contributed by atoms with Crippen LogP contribution < -0.4 is 5.32 Å². The van der Waals surface area contributed by atoms with Gasteiger partial charge in [-0.15, -0.1) is 0 Å². The number of halogens is 1. The van der Waals surface area contributed by atoms with Crippen molar-refractivity contribution in [3.05, 3.63) is 35.1 Å². The summed E-state index contributed by atoms with van der Waals surface area (Å²) in [6, 6.07) is 4.54. The normalized spacial score (nSPS) is 20.8. The van der Waals surface area contributed by atoms with E-state index in [1.54, 1.807) is 38.1 Å². The highest BCUT2D eigenvalue weighted by Crippen LogP contribution is 2.30. The van der Waals surface area contributed by atoms with Gasteiger partial charge in [-0.05, 0) is 43.9 Å². The van der Waals surface area contributed by atoms with Crippen molar-refractivity contribution < 1.29 is 18.7 Å². The maximum atomic E-state index is 13.7. The number of ether oxygens (including phenoxy) is 1. The molecular formula is C18H25FN2O3. The lowest BCUT2D eigenvalue weighted by molar-refractivity contribution is -0.123. The Labute approximate surface area is 142 Å². The minimum Gasteiger partial charge on any atom is -0.376 e. The van der Waals surface area contributed by atoms with E-state index in [0.29, 0.717) is 37.1 Å². The smallest absolute Gasteiger partial charge is 0.254 e. The Balaban J connectivity index is 2.11. The molecule has 0 bridgehead atoms. The number of benzene rings is 1. The molecule has 0 radical (unpaired) electrons. The molecule has 1 aromatic rings. The van der Waals surface area contributed by atoms with Crippen molar-refractivity contribution in [1.82, 2.24) is 10.2 Å². The van der Waals surface area contributed by atoms with Gasteiger partial charge in [-0.3, -0.25) is 9.59 Å². The van der Waals surface area contributed by atoms with Crippen molar-refractivity contribution in [2.45, 2.75) is 38.2 Å². The van der Waals surface area contributed by atoms with Crippen molar-refractivity contribution in [2.75, 3.05) is 27.2 Å². The van der Waals surface area contributed by atoms with Crippen LogP contribution in [0.3, 0.4) is 0 Å². The number of carbonyl (C=O) groups is 2. The van der Waals surface area contributed by atoms with Crippen LogP contribution in [0.15, 0.2) is 18.2 Å². The molecule has 1 aliphatic rings. The molecule has 1 heterocycles. The Morgan fingerprint density at radius 2 is 2.17 bits per heavy atom. The van der Waals surface area contributed by atoms with Crippen LogP contribution in [0.2, 0.25) is 0 Å². The Bertz CT molecular complexity index is 620. The fraction of sp³-hybridized carbons (Fsp3) is 0.556. The van der Waals surface area contributed by atoms with E-state index in [2.05, 4.69) is 5.32 Å². The molecule has 0 saturated carbocycles. The van der Waals surface area contributed by atoms with E-state index in [1.807, 2.05) is 0 Å². The van der Waals surface area contributed by atoms with Gasteiger partial charge < -0.3 is 15.0 Å². The molecule has 1 saturated heterocycles. The van der Waals surface area contributed by atoms with Crippen LogP contribution in [0.25, 0.3) is 0 Å². The zero-order valence-electron chi connectivity index (χ0n) is 14.5. The van der Waals surface area contributed by atoms with Crippen LogP contribution in [0.1, 0.15) is 41.6 Å². The summed E-state index contributed by atoms with van der Waals surface area (Å²) in [6.45, 7) is 2.69. The molecule has 1 aromatic carbocycles. The van der Waals surface area contributed by atoms with Crippen LogP contribution in [0.5, 0.6) is 0 Å². The van der Waals surface area contributed by atoms with Crippen molar-refractivity contribution in [2.24, 2.45) is 0 Å². The van der Waals surface area contributed by atoms with Gasteiger partial charge in [0, 0.05) is 39.2 Å². The van der Waals surface area contributed by atoms with Gasteiger partial charge in [0.1, 0.15) is 5.82 Å². The highest BCUT2D eigenvalue weighted by molar-refractivity contribution is 5.94. The largest absolute Gasteiger partial charge is 0.376 e. The Kier molecular flexibility index (Phi) is 5.94. The molecule has 5 nitrogen and oxygen atoms in total. The molecule has 2 amide bonds. The van der Waals surface area contributed by atoms with Gasteiger partial charge in [0.15, 0.2) is 0 Å². The molecule has 24 heavy (non-hydrogen) atoms.